The average molecular weight is 290 g/mol. The predicted octanol–water partition coefficient (Wildman–Crippen LogP) is 5.17. The van der Waals surface area contributed by atoms with Crippen LogP contribution in [0, 0.1) is 33.5 Å². The number of rotatable bonds is 1. The van der Waals surface area contributed by atoms with Gasteiger partial charge in [-0.25, -0.2) is 0 Å². The lowest BCUT2D eigenvalue weighted by Crippen LogP contribution is -2.57. The minimum absolute atomic E-state index is 0.202. The SMILES string of the molecule is C[C@@]12CCC3[C@@](CCC4[C@](C)(CO)CCC[C@]43C)(CC1)C2. The van der Waals surface area contributed by atoms with E-state index >= 15 is 0 Å². The standard InChI is InChI=1S/C20H34O/c1-17-9-5-16-19(3)8-4-7-18(2,14-21)15(19)6-10-20(16,13-17)12-11-17/h15-16,21H,4-14H2,1-3H3/t15?,16?,17-,18+,19-,20+/m1/s1. The number of fused-ring (bicyclic) bond motifs is 3. The lowest BCUT2D eigenvalue weighted by atomic mass is 9.40. The Hall–Kier alpha value is -0.0400. The molecule has 0 radical (unpaired) electrons. The first kappa shape index (κ1) is 14.5. The third-order valence-corrected chi connectivity index (χ3v) is 8.97. The minimum atomic E-state index is 0.202. The van der Waals surface area contributed by atoms with Crippen LogP contribution in [0.15, 0.2) is 0 Å². The van der Waals surface area contributed by atoms with E-state index in [2.05, 4.69) is 20.8 Å². The molecule has 1 nitrogen and oxygen atoms in total. The second-order valence-electron chi connectivity index (χ2n) is 10.2. The molecule has 0 aliphatic heterocycles. The van der Waals surface area contributed by atoms with Crippen LogP contribution in [0.4, 0.5) is 0 Å². The summed E-state index contributed by atoms with van der Waals surface area (Å²) in [6.07, 6.45) is 14.3. The normalized spacial score (nSPS) is 59.4. The topological polar surface area (TPSA) is 20.2 Å². The molecular weight excluding hydrogens is 256 g/mol. The maximum atomic E-state index is 10.1. The van der Waals surface area contributed by atoms with Crippen LogP contribution in [-0.2, 0) is 0 Å². The Balaban J connectivity index is 1.72. The fraction of sp³-hybridized carbons (Fsp3) is 1.00. The van der Waals surface area contributed by atoms with Crippen LogP contribution >= 0.6 is 0 Å². The van der Waals surface area contributed by atoms with Crippen molar-refractivity contribution in [1.82, 2.24) is 0 Å². The highest BCUT2D eigenvalue weighted by molar-refractivity contribution is 5.14. The van der Waals surface area contributed by atoms with E-state index in [-0.39, 0.29) is 5.41 Å². The van der Waals surface area contributed by atoms with E-state index in [9.17, 15) is 5.11 Å². The fourth-order valence-corrected chi connectivity index (χ4v) is 8.04. The Morgan fingerprint density at radius 1 is 0.857 bits per heavy atom. The Morgan fingerprint density at radius 3 is 2.38 bits per heavy atom. The summed E-state index contributed by atoms with van der Waals surface area (Å²) >= 11 is 0. The molecule has 2 bridgehead atoms. The van der Waals surface area contributed by atoms with Gasteiger partial charge in [0.15, 0.2) is 0 Å². The molecule has 4 saturated carbocycles. The molecule has 0 aromatic heterocycles. The third kappa shape index (κ3) is 1.79. The van der Waals surface area contributed by atoms with E-state index in [1.807, 2.05) is 0 Å². The number of hydrogen-bond donors (Lipinski definition) is 1. The van der Waals surface area contributed by atoms with Crippen molar-refractivity contribution in [2.75, 3.05) is 6.61 Å². The molecule has 0 saturated heterocycles. The highest BCUT2D eigenvalue weighted by Gasteiger charge is 2.64. The molecule has 0 heterocycles. The quantitative estimate of drug-likeness (QED) is 0.706. The monoisotopic (exact) mass is 290 g/mol. The molecular formula is C20H34O. The molecule has 0 amide bonds. The van der Waals surface area contributed by atoms with E-state index in [4.69, 9.17) is 0 Å². The van der Waals surface area contributed by atoms with E-state index in [0.29, 0.717) is 22.9 Å². The molecule has 4 aliphatic carbocycles. The summed E-state index contributed by atoms with van der Waals surface area (Å²) in [5, 5.41) is 10.1. The molecule has 4 aliphatic rings. The van der Waals surface area contributed by atoms with Gasteiger partial charge in [0.05, 0.1) is 0 Å². The van der Waals surface area contributed by atoms with Crippen molar-refractivity contribution in [3.8, 4) is 0 Å². The van der Waals surface area contributed by atoms with Crippen molar-refractivity contribution < 1.29 is 5.11 Å². The van der Waals surface area contributed by atoms with Crippen molar-refractivity contribution in [3.63, 3.8) is 0 Å². The second-order valence-corrected chi connectivity index (χ2v) is 10.2. The van der Waals surface area contributed by atoms with Crippen LogP contribution in [0.2, 0.25) is 0 Å². The lowest BCUT2D eigenvalue weighted by molar-refractivity contribution is -0.163. The van der Waals surface area contributed by atoms with Crippen LogP contribution in [0.5, 0.6) is 0 Å². The summed E-state index contributed by atoms with van der Waals surface area (Å²) in [5.74, 6) is 1.72. The van der Waals surface area contributed by atoms with Crippen molar-refractivity contribution in [2.24, 2.45) is 33.5 Å². The summed E-state index contributed by atoms with van der Waals surface area (Å²) < 4.78 is 0. The van der Waals surface area contributed by atoms with Crippen molar-refractivity contribution in [3.05, 3.63) is 0 Å². The highest BCUT2D eigenvalue weighted by Crippen LogP contribution is 2.73. The molecule has 1 heteroatoms. The molecule has 0 aromatic rings. The number of hydrogen-bond acceptors (Lipinski definition) is 1. The molecule has 4 fully saturated rings. The zero-order valence-corrected chi connectivity index (χ0v) is 14.4. The van der Waals surface area contributed by atoms with Gasteiger partial charge < -0.3 is 5.11 Å². The Morgan fingerprint density at radius 2 is 1.62 bits per heavy atom. The molecule has 6 atom stereocenters. The molecule has 1 N–H and O–H groups in total. The van der Waals surface area contributed by atoms with Crippen LogP contribution in [0.3, 0.4) is 0 Å². The van der Waals surface area contributed by atoms with Crippen LogP contribution in [-0.4, -0.2) is 11.7 Å². The highest BCUT2D eigenvalue weighted by atomic mass is 16.3. The number of aliphatic hydroxyl groups excluding tert-OH is 1. The lowest BCUT2D eigenvalue weighted by Gasteiger charge is -2.64. The smallest absolute Gasteiger partial charge is 0.0487 e. The molecule has 21 heavy (non-hydrogen) atoms. The third-order valence-electron chi connectivity index (χ3n) is 8.97. The van der Waals surface area contributed by atoms with Gasteiger partial charge in [0.1, 0.15) is 0 Å². The molecule has 2 unspecified atom stereocenters. The van der Waals surface area contributed by atoms with Gasteiger partial charge in [0, 0.05) is 6.61 Å². The Kier molecular flexibility index (Phi) is 2.96. The van der Waals surface area contributed by atoms with E-state index in [1.54, 1.807) is 0 Å². The van der Waals surface area contributed by atoms with Crippen molar-refractivity contribution >= 4 is 0 Å². The zero-order chi connectivity index (χ0) is 14.9. The van der Waals surface area contributed by atoms with Crippen molar-refractivity contribution in [1.29, 1.82) is 0 Å². The van der Waals surface area contributed by atoms with Gasteiger partial charge in [0.2, 0.25) is 0 Å². The van der Waals surface area contributed by atoms with Gasteiger partial charge in [-0.2, -0.15) is 0 Å². The second kappa shape index (κ2) is 4.28. The van der Waals surface area contributed by atoms with Gasteiger partial charge in [-0.1, -0.05) is 27.2 Å². The predicted molar refractivity (Wildman–Crippen MR) is 87.0 cm³/mol. The zero-order valence-electron chi connectivity index (χ0n) is 14.4. The summed E-state index contributed by atoms with van der Waals surface area (Å²) in [6.45, 7) is 7.97. The van der Waals surface area contributed by atoms with Gasteiger partial charge in [-0.05, 0) is 91.3 Å². The molecule has 4 rings (SSSR count). The summed E-state index contributed by atoms with van der Waals surface area (Å²) in [5.41, 5.74) is 2.08. The first-order chi connectivity index (χ1) is 9.86. The number of aliphatic hydroxyl groups is 1. The van der Waals surface area contributed by atoms with E-state index in [0.717, 1.165) is 11.8 Å². The molecule has 0 aromatic carbocycles. The largest absolute Gasteiger partial charge is 0.396 e. The van der Waals surface area contributed by atoms with E-state index < -0.39 is 0 Å². The molecule has 1 spiro atoms. The van der Waals surface area contributed by atoms with Crippen LogP contribution in [0.1, 0.15) is 85.0 Å². The van der Waals surface area contributed by atoms with Gasteiger partial charge in [-0.3, -0.25) is 0 Å². The summed E-state index contributed by atoms with van der Waals surface area (Å²) in [4.78, 5) is 0. The van der Waals surface area contributed by atoms with E-state index in [1.165, 1.54) is 64.2 Å². The van der Waals surface area contributed by atoms with Gasteiger partial charge >= 0.3 is 0 Å². The van der Waals surface area contributed by atoms with Crippen LogP contribution in [0.25, 0.3) is 0 Å². The Bertz CT molecular complexity index is 445. The summed E-state index contributed by atoms with van der Waals surface area (Å²) in [6, 6.07) is 0. The van der Waals surface area contributed by atoms with Gasteiger partial charge in [0.25, 0.3) is 0 Å². The minimum Gasteiger partial charge on any atom is -0.396 e. The van der Waals surface area contributed by atoms with Crippen molar-refractivity contribution in [2.45, 2.75) is 85.0 Å². The maximum Gasteiger partial charge on any atom is 0.0487 e. The van der Waals surface area contributed by atoms with Gasteiger partial charge in [-0.15, -0.1) is 0 Å². The maximum absolute atomic E-state index is 10.1. The van der Waals surface area contributed by atoms with Crippen LogP contribution < -0.4 is 0 Å². The summed E-state index contributed by atoms with van der Waals surface area (Å²) in [7, 11) is 0. The first-order valence-corrected chi connectivity index (χ1v) is 9.47. The average Bonchev–Trinajstić information content (AvgIpc) is 2.69. The fourth-order valence-electron chi connectivity index (χ4n) is 8.04. The first-order valence-electron chi connectivity index (χ1n) is 9.47. The Labute approximate surface area is 130 Å². The molecule has 120 valence electrons.